The van der Waals surface area contributed by atoms with Gasteiger partial charge in [-0.1, -0.05) is 77.7 Å². The van der Waals surface area contributed by atoms with E-state index in [0.717, 1.165) is 19.4 Å². The Kier molecular flexibility index (Phi) is 17.3. The summed E-state index contributed by atoms with van der Waals surface area (Å²) in [5.41, 5.74) is 5.61. The number of rotatable bonds is 16. The van der Waals surface area contributed by atoms with Crippen molar-refractivity contribution in [3.8, 4) is 0 Å². The van der Waals surface area contributed by atoms with E-state index in [4.69, 9.17) is 10.5 Å². The molecule has 0 aliphatic rings. The van der Waals surface area contributed by atoms with Crippen molar-refractivity contribution < 1.29 is 4.74 Å². The van der Waals surface area contributed by atoms with Crippen LogP contribution in [-0.2, 0) is 4.74 Å². The molecule has 0 aromatic rings. The number of unbranched alkanes of at least 4 members (excludes halogenated alkanes) is 9. The topological polar surface area (TPSA) is 35.2 Å². The van der Waals surface area contributed by atoms with E-state index in [0.29, 0.717) is 5.92 Å². The van der Waals surface area contributed by atoms with Crippen molar-refractivity contribution in [2.24, 2.45) is 11.7 Å². The first-order valence-corrected chi connectivity index (χ1v) is 11.1. The van der Waals surface area contributed by atoms with Gasteiger partial charge in [-0.2, -0.15) is 0 Å². The zero-order chi connectivity index (χ0) is 14.9. The summed E-state index contributed by atoms with van der Waals surface area (Å²) >= 11 is 0. The maximum Gasteiger partial charge on any atom is 0.0519 e. The predicted octanol–water partition coefficient (Wildman–Crippen LogP) is 4.06. The van der Waals surface area contributed by atoms with Crippen molar-refractivity contribution in [1.29, 1.82) is 0 Å². The fraction of sp³-hybridized carbons (Fsp3) is 1.00. The van der Waals surface area contributed by atoms with Gasteiger partial charge in [0.05, 0.1) is 9.52 Å². The molecule has 0 radical (unpaired) electrons. The molecule has 0 aromatic carbocycles. The third kappa shape index (κ3) is 16.2. The summed E-state index contributed by atoms with van der Waals surface area (Å²) in [6.45, 7) is 6.35. The monoisotopic (exact) mass is 301 g/mol. The minimum Gasteiger partial charge on any atom is -0.385 e. The highest BCUT2D eigenvalue weighted by molar-refractivity contribution is 6.35. The normalized spacial score (nSPS) is 13.3. The molecular weight excluding hydrogens is 262 g/mol. The second-order valence-corrected chi connectivity index (χ2v) is 7.97. The molecule has 2 nitrogen and oxygen atoms in total. The molecule has 0 spiro atoms. The molecule has 0 amide bonds. The van der Waals surface area contributed by atoms with Crippen LogP contribution in [0.5, 0.6) is 0 Å². The standard InChI is InChI=1S/C17H39NOSi/c1-3-4-5-6-7-8-9-10-11-12-13-19-16-20-15-17(2)14-18/h17H,3-16,18,20H2,1-2H3. The van der Waals surface area contributed by atoms with Crippen molar-refractivity contribution in [3.63, 3.8) is 0 Å². The molecule has 0 saturated heterocycles. The predicted molar refractivity (Wildman–Crippen MR) is 94.2 cm³/mol. The summed E-state index contributed by atoms with van der Waals surface area (Å²) in [4.78, 5) is 0. The molecule has 2 N–H and O–H groups in total. The Bertz CT molecular complexity index is 178. The van der Waals surface area contributed by atoms with Gasteiger partial charge in [0, 0.05) is 12.8 Å². The van der Waals surface area contributed by atoms with Crippen LogP contribution >= 0.6 is 0 Å². The van der Waals surface area contributed by atoms with Crippen LogP contribution in [0.15, 0.2) is 0 Å². The Labute approximate surface area is 130 Å². The summed E-state index contributed by atoms with van der Waals surface area (Å²) in [5, 5.41) is 0. The third-order valence-corrected chi connectivity index (χ3v) is 6.00. The highest BCUT2D eigenvalue weighted by Gasteiger charge is 1.99. The first-order valence-electron chi connectivity index (χ1n) is 9.09. The summed E-state index contributed by atoms with van der Waals surface area (Å²) in [6.07, 6.45) is 15.1. The minimum absolute atomic E-state index is 0.00748. The van der Waals surface area contributed by atoms with Crippen LogP contribution in [0, 0.1) is 5.92 Å². The van der Waals surface area contributed by atoms with Crippen molar-refractivity contribution in [2.75, 3.05) is 19.4 Å². The maximum atomic E-state index is 5.72. The molecule has 3 heteroatoms. The fourth-order valence-electron chi connectivity index (χ4n) is 2.45. The lowest BCUT2D eigenvalue weighted by atomic mass is 10.1. The van der Waals surface area contributed by atoms with Gasteiger partial charge in [0.25, 0.3) is 0 Å². The van der Waals surface area contributed by atoms with Crippen LogP contribution in [0.4, 0.5) is 0 Å². The maximum absolute atomic E-state index is 5.72. The average molecular weight is 302 g/mol. The largest absolute Gasteiger partial charge is 0.385 e. The van der Waals surface area contributed by atoms with Crippen molar-refractivity contribution in [3.05, 3.63) is 0 Å². The molecular formula is C17H39NOSi. The highest BCUT2D eigenvalue weighted by Crippen LogP contribution is 2.10. The molecule has 0 aliphatic carbocycles. The smallest absolute Gasteiger partial charge is 0.0519 e. The van der Waals surface area contributed by atoms with E-state index in [1.165, 1.54) is 70.3 Å². The van der Waals surface area contributed by atoms with Gasteiger partial charge in [-0.15, -0.1) is 0 Å². The van der Waals surface area contributed by atoms with Crippen LogP contribution < -0.4 is 5.73 Å². The number of nitrogens with two attached hydrogens (primary N) is 1. The van der Waals surface area contributed by atoms with E-state index in [1.807, 2.05) is 0 Å². The first kappa shape index (κ1) is 20.1. The van der Waals surface area contributed by atoms with Crippen LogP contribution in [0.25, 0.3) is 0 Å². The van der Waals surface area contributed by atoms with Gasteiger partial charge in [-0.05, 0) is 18.9 Å². The Hall–Kier alpha value is 0.137. The van der Waals surface area contributed by atoms with Crippen LogP contribution in [-0.4, -0.2) is 28.9 Å². The van der Waals surface area contributed by atoms with Crippen LogP contribution in [0.3, 0.4) is 0 Å². The zero-order valence-electron chi connectivity index (χ0n) is 14.2. The van der Waals surface area contributed by atoms with Crippen LogP contribution in [0.1, 0.15) is 78.1 Å². The molecule has 1 unspecified atom stereocenters. The quantitative estimate of drug-likeness (QED) is 0.344. The van der Waals surface area contributed by atoms with Gasteiger partial charge < -0.3 is 10.5 Å². The Morgan fingerprint density at radius 1 is 0.900 bits per heavy atom. The molecule has 0 fully saturated rings. The third-order valence-electron chi connectivity index (χ3n) is 4.03. The Balaban J connectivity index is 2.96. The van der Waals surface area contributed by atoms with E-state index in [2.05, 4.69) is 13.8 Å². The SMILES string of the molecule is CCCCCCCCCCCCOC[SiH2]CC(C)CN. The highest BCUT2D eigenvalue weighted by atomic mass is 28.2. The minimum atomic E-state index is -0.00748. The number of hydrogen-bond acceptors (Lipinski definition) is 2. The van der Waals surface area contributed by atoms with E-state index >= 15 is 0 Å². The summed E-state index contributed by atoms with van der Waals surface area (Å²) in [6, 6.07) is 1.34. The summed E-state index contributed by atoms with van der Waals surface area (Å²) in [7, 11) is -0.00748. The number of hydrogen-bond donors (Lipinski definition) is 1. The van der Waals surface area contributed by atoms with E-state index < -0.39 is 0 Å². The Morgan fingerprint density at radius 3 is 2.00 bits per heavy atom. The van der Waals surface area contributed by atoms with E-state index in [-0.39, 0.29) is 9.52 Å². The van der Waals surface area contributed by atoms with E-state index in [9.17, 15) is 0 Å². The van der Waals surface area contributed by atoms with Crippen molar-refractivity contribution in [2.45, 2.75) is 84.1 Å². The number of ether oxygens (including phenoxy) is 1. The van der Waals surface area contributed by atoms with Gasteiger partial charge in [0.15, 0.2) is 0 Å². The van der Waals surface area contributed by atoms with Crippen molar-refractivity contribution in [1.82, 2.24) is 0 Å². The zero-order valence-corrected chi connectivity index (χ0v) is 15.6. The molecule has 122 valence electrons. The molecule has 20 heavy (non-hydrogen) atoms. The molecule has 0 bridgehead atoms. The lowest BCUT2D eigenvalue weighted by Crippen LogP contribution is -2.15. The molecule has 0 aromatic heterocycles. The van der Waals surface area contributed by atoms with E-state index in [1.54, 1.807) is 0 Å². The summed E-state index contributed by atoms with van der Waals surface area (Å²) in [5.74, 6) is 0.711. The van der Waals surface area contributed by atoms with Gasteiger partial charge in [-0.25, -0.2) is 0 Å². The second kappa shape index (κ2) is 17.2. The average Bonchev–Trinajstić information content (AvgIpc) is 2.47. The molecule has 0 rings (SSSR count). The first-order chi connectivity index (χ1) is 9.81. The fourth-order valence-corrected chi connectivity index (χ4v) is 3.95. The Morgan fingerprint density at radius 2 is 1.45 bits per heavy atom. The second-order valence-electron chi connectivity index (χ2n) is 6.28. The van der Waals surface area contributed by atoms with Crippen molar-refractivity contribution >= 4 is 9.52 Å². The lowest BCUT2D eigenvalue weighted by Gasteiger charge is -2.07. The molecule has 0 saturated carbocycles. The molecule has 1 atom stereocenters. The van der Waals surface area contributed by atoms with Gasteiger partial charge >= 0.3 is 0 Å². The van der Waals surface area contributed by atoms with Crippen LogP contribution in [0.2, 0.25) is 6.04 Å². The summed E-state index contributed by atoms with van der Waals surface area (Å²) < 4.78 is 5.72. The van der Waals surface area contributed by atoms with Gasteiger partial charge in [-0.3, -0.25) is 0 Å². The van der Waals surface area contributed by atoms with Gasteiger partial charge in [0.2, 0.25) is 0 Å². The molecule has 0 aliphatic heterocycles. The lowest BCUT2D eigenvalue weighted by molar-refractivity contribution is 0.170. The van der Waals surface area contributed by atoms with Gasteiger partial charge in [0.1, 0.15) is 0 Å². The molecule has 0 heterocycles.